The third-order valence-corrected chi connectivity index (χ3v) is 8.74. The van der Waals surface area contributed by atoms with E-state index in [1.54, 1.807) is 12.8 Å². The van der Waals surface area contributed by atoms with E-state index >= 15 is 0 Å². The number of allylic oxidation sites excluding steroid dienone is 4. The lowest BCUT2D eigenvalue weighted by Crippen LogP contribution is -2.30. The molecule has 3 aliphatic carbocycles. The van der Waals surface area contributed by atoms with Crippen molar-refractivity contribution in [1.29, 1.82) is 0 Å². The first kappa shape index (κ1) is 23.1. The van der Waals surface area contributed by atoms with E-state index in [1.165, 1.54) is 89.9 Å². The fourth-order valence-electron chi connectivity index (χ4n) is 6.76. The minimum absolute atomic E-state index is 0.562. The molecular weight excluding hydrogens is 352 g/mol. The van der Waals surface area contributed by atoms with Gasteiger partial charge in [-0.3, -0.25) is 0 Å². The number of unbranched alkanes of at least 4 members (excludes halogenated alkanes) is 1. The Labute approximate surface area is 181 Å². The van der Waals surface area contributed by atoms with Crippen molar-refractivity contribution in [3.63, 3.8) is 0 Å². The highest BCUT2D eigenvalue weighted by Gasteiger charge is 2.34. The van der Waals surface area contributed by atoms with Crippen LogP contribution >= 0.6 is 0 Å². The lowest BCUT2D eigenvalue weighted by Gasteiger charge is -2.41. The van der Waals surface area contributed by atoms with Gasteiger partial charge in [0, 0.05) is 7.11 Å². The largest absolute Gasteiger partial charge is 0.381 e. The van der Waals surface area contributed by atoms with Gasteiger partial charge in [-0.25, -0.2) is 0 Å². The molecule has 29 heavy (non-hydrogen) atoms. The summed E-state index contributed by atoms with van der Waals surface area (Å²) >= 11 is 0. The molecule has 3 fully saturated rings. The highest BCUT2D eigenvalue weighted by Crippen LogP contribution is 2.45. The molecule has 0 saturated heterocycles. The van der Waals surface area contributed by atoms with Gasteiger partial charge in [0.15, 0.2) is 0 Å². The van der Waals surface area contributed by atoms with Gasteiger partial charge >= 0.3 is 0 Å². The van der Waals surface area contributed by atoms with Gasteiger partial charge < -0.3 is 4.74 Å². The van der Waals surface area contributed by atoms with Crippen molar-refractivity contribution < 1.29 is 4.74 Å². The Hall–Kier alpha value is -0.560. The van der Waals surface area contributed by atoms with Gasteiger partial charge in [-0.1, -0.05) is 37.1 Å². The van der Waals surface area contributed by atoms with E-state index in [2.05, 4.69) is 31.2 Å². The topological polar surface area (TPSA) is 9.23 Å². The number of methoxy groups -OCH3 is 1. The van der Waals surface area contributed by atoms with Crippen LogP contribution in [0.15, 0.2) is 24.3 Å². The van der Waals surface area contributed by atoms with E-state index in [0.29, 0.717) is 6.10 Å². The number of hydrogen-bond acceptors (Lipinski definition) is 1. The zero-order valence-electron chi connectivity index (χ0n) is 19.5. The van der Waals surface area contributed by atoms with Crippen molar-refractivity contribution in [1.82, 2.24) is 0 Å². The maximum absolute atomic E-state index is 5.58. The Bertz CT molecular complexity index is 469. The van der Waals surface area contributed by atoms with Crippen LogP contribution in [0.3, 0.4) is 0 Å². The molecule has 0 atom stereocenters. The molecule has 1 nitrogen and oxygen atoms in total. The van der Waals surface area contributed by atoms with Crippen LogP contribution in [0.1, 0.15) is 110 Å². The molecule has 3 aliphatic rings. The van der Waals surface area contributed by atoms with Crippen molar-refractivity contribution >= 4 is 0 Å². The van der Waals surface area contributed by atoms with E-state index in [4.69, 9.17) is 4.74 Å². The van der Waals surface area contributed by atoms with Gasteiger partial charge in [-0.2, -0.15) is 0 Å². The lowest BCUT2D eigenvalue weighted by molar-refractivity contribution is 0.0355. The molecule has 0 spiro atoms. The van der Waals surface area contributed by atoms with Crippen LogP contribution in [0.4, 0.5) is 0 Å². The fourth-order valence-corrected chi connectivity index (χ4v) is 6.76. The molecule has 166 valence electrons. The second-order valence-electron chi connectivity index (χ2n) is 10.4. The predicted octanol–water partition coefficient (Wildman–Crippen LogP) is 8.50. The van der Waals surface area contributed by atoms with Gasteiger partial charge in [-0.15, -0.1) is 0 Å². The number of hydrogen-bond donors (Lipinski definition) is 0. The van der Waals surface area contributed by atoms with Crippen LogP contribution in [-0.2, 0) is 4.74 Å². The monoisotopic (exact) mass is 400 g/mol. The SMILES string of the molecule is C/C=C/CC/C=C/CCC1CCC(C2CCC(C3CCC(OC)CC3)CC2)CC1. The van der Waals surface area contributed by atoms with Crippen LogP contribution in [0, 0.1) is 29.6 Å². The maximum atomic E-state index is 5.58. The summed E-state index contributed by atoms with van der Waals surface area (Å²) in [6, 6.07) is 0. The fraction of sp³-hybridized carbons (Fsp3) is 0.857. The van der Waals surface area contributed by atoms with Crippen LogP contribution in [-0.4, -0.2) is 13.2 Å². The number of ether oxygens (including phenoxy) is 1. The standard InChI is InChI=1S/C28H48O/c1-3-4-5-6-7-8-9-10-23-11-13-24(14-12-23)25-15-17-26(18-16-25)27-19-21-28(29-2)22-20-27/h3-4,7-8,23-28H,5-6,9-22H2,1-2H3/b4-3+,8-7+. The summed E-state index contributed by atoms with van der Waals surface area (Å²) in [6.07, 6.45) is 32.7. The Balaban J connectivity index is 1.27. The molecule has 0 aliphatic heterocycles. The van der Waals surface area contributed by atoms with E-state index in [9.17, 15) is 0 Å². The van der Waals surface area contributed by atoms with E-state index < -0.39 is 0 Å². The zero-order chi connectivity index (χ0) is 20.3. The highest BCUT2D eigenvalue weighted by atomic mass is 16.5. The molecule has 0 aromatic carbocycles. The average Bonchev–Trinajstić information content (AvgIpc) is 2.79. The summed E-state index contributed by atoms with van der Waals surface area (Å²) in [4.78, 5) is 0. The average molecular weight is 401 g/mol. The molecular formula is C28H48O. The van der Waals surface area contributed by atoms with Gasteiger partial charge in [0.1, 0.15) is 0 Å². The van der Waals surface area contributed by atoms with Crippen molar-refractivity contribution in [2.75, 3.05) is 7.11 Å². The van der Waals surface area contributed by atoms with Gasteiger partial charge in [0.2, 0.25) is 0 Å². The highest BCUT2D eigenvalue weighted by molar-refractivity contribution is 4.89. The van der Waals surface area contributed by atoms with Crippen LogP contribution in [0.5, 0.6) is 0 Å². The smallest absolute Gasteiger partial charge is 0.0571 e. The first-order chi connectivity index (χ1) is 14.3. The molecule has 0 unspecified atom stereocenters. The third-order valence-electron chi connectivity index (χ3n) is 8.74. The number of rotatable bonds is 9. The quantitative estimate of drug-likeness (QED) is 0.278. The van der Waals surface area contributed by atoms with Crippen LogP contribution in [0.2, 0.25) is 0 Å². The molecule has 0 heterocycles. The van der Waals surface area contributed by atoms with Crippen molar-refractivity contribution in [3.8, 4) is 0 Å². The van der Waals surface area contributed by atoms with Gasteiger partial charge in [-0.05, 0) is 126 Å². The normalized spacial score (nSPS) is 36.8. The molecule has 0 N–H and O–H groups in total. The molecule has 0 radical (unpaired) electrons. The van der Waals surface area contributed by atoms with Crippen molar-refractivity contribution in [3.05, 3.63) is 24.3 Å². The van der Waals surface area contributed by atoms with Crippen LogP contribution in [0.25, 0.3) is 0 Å². The Kier molecular flexibility index (Phi) is 10.3. The zero-order valence-corrected chi connectivity index (χ0v) is 19.5. The molecule has 0 aromatic heterocycles. The summed E-state index contributed by atoms with van der Waals surface area (Å²) in [5.74, 6) is 5.20. The summed E-state index contributed by atoms with van der Waals surface area (Å²) in [6.45, 7) is 2.11. The summed E-state index contributed by atoms with van der Waals surface area (Å²) in [5.41, 5.74) is 0. The first-order valence-corrected chi connectivity index (χ1v) is 13.1. The minimum atomic E-state index is 0.562. The van der Waals surface area contributed by atoms with E-state index in [1.807, 2.05) is 7.11 Å². The summed E-state index contributed by atoms with van der Waals surface area (Å²) in [5, 5.41) is 0. The Morgan fingerprint density at radius 2 is 1.03 bits per heavy atom. The second-order valence-corrected chi connectivity index (χ2v) is 10.4. The third kappa shape index (κ3) is 7.57. The van der Waals surface area contributed by atoms with Gasteiger partial charge in [0.25, 0.3) is 0 Å². The van der Waals surface area contributed by atoms with Crippen molar-refractivity contribution in [2.45, 2.75) is 116 Å². The predicted molar refractivity (Wildman–Crippen MR) is 126 cm³/mol. The van der Waals surface area contributed by atoms with Crippen LogP contribution < -0.4 is 0 Å². The maximum Gasteiger partial charge on any atom is 0.0571 e. The van der Waals surface area contributed by atoms with Crippen molar-refractivity contribution in [2.24, 2.45) is 29.6 Å². The Morgan fingerprint density at radius 1 is 0.586 bits per heavy atom. The Morgan fingerprint density at radius 3 is 1.55 bits per heavy atom. The van der Waals surface area contributed by atoms with E-state index in [-0.39, 0.29) is 0 Å². The summed E-state index contributed by atoms with van der Waals surface area (Å²) in [7, 11) is 1.90. The molecule has 0 amide bonds. The minimum Gasteiger partial charge on any atom is -0.381 e. The molecule has 1 heteroatoms. The van der Waals surface area contributed by atoms with Gasteiger partial charge in [0.05, 0.1) is 6.10 Å². The second kappa shape index (κ2) is 13.0. The molecule has 3 rings (SSSR count). The first-order valence-electron chi connectivity index (χ1n) is 13.1. The van der Waals surface area contributed by atoms with E-state index in [0.717, 1.165) is 29.6 Å². The molecule has 0 bridgehead atoms. The lowest BCUT2D eigenvalue weighted by atomic mass is 9.65. The summed E-state index contributed by atoms with van der Waals surface area (Å²) < 4.78 is 5.58. The molecule has 0 aromatic rings. The molecule has 3 saturated carbocycles.